The van der Waals surface area contributed by atoms with Crippen LogP contribution in [0.25, 0.3) is 0 Å². The molecule has 96 valence electrons. The highest BCUT2D eigenvalue weighted by molar-refractivity contribution is 5.55. The molecule has 0 aromatic heterocycles. The molecule has 0 unspecified atom stereocenters. The number of benzene rings is 1. The summed E-state index contributed by atoms with van der Waals surface area (Å²) in [6, 6.07) is 6.56. The molecule has 0 aliphatic heterocycles. The number of aliphatic hydroxyl groups is 1. The average molecular weight is 236 g/mol. The molecule has 0 saturated heterocycles. The average Bonchev–Trinajstić information content (AvgIpc) is 2.32. The number of hydrogen-bond acceptors (Lipinski definition) is 3. The third-order valence-corrected chi connectivity index (χ3v) is 2.91. The molecule has 0 heterocycles. The number of hydrogen-bond donors (Lipinski definition) is 2. The van der Waals surface area contributed by atoms with E-state index in [1.165, 1.54) is 16.8 Å². The van der Waals surface area contributed by atoms with E-state index in [0.29, 0.717) is 0 Å². The maximum atomic E-state index is 8.94. The van der Waals surface area contributed by atoms with Crippen molar-refractivity contribution in [2.45, 2.75) is 26.8 Å². The number of nitrogens with zero attached hydrogens (tertiary/aromatic N) is 1. The first kappa shape index (κ1) is 14.0. The largest absolute Gasteiger partial charge is 0.396 e. The zero-order valence-corrected chi connectivity index (χ0v) is 11.2. The van der Waals surface area contributed by atoms with E-state index in [1.54, 1.807) is 0 Å². The first-order valence-electron chi connectivity index (χ1n) is 6.32. The van der Waals surface area contributed by atoms with Crippen molar-refractivity contribution in [3.05, 3.63) is 29.3 Å². The maximum absolute atomic E-state index is 8.94. The SMILES string of the molecule is CCN(CCCO)c1ccc(C)cc1CNC. The molecular formula is C14H24N2O. The van der Waals surface area contributed by atoms with Crippen LogP contribution in [-0.2, 0) is 6.54 Å². The van der Waals surface area contributed by atoms with Crippen molar-refractivity contribution in [3.8, 4) is 0 Å². The van der Waals surface area contributed by atoms with Crippen LogP contribution in [0.2, 0.25) is 0 Å². The Labute approximate surface area is 104 Å². The quantitative estimate of drug-likeness (QED) is 0.759. The van der Waals surface area contributed by atoms with Gasteiger partial charge < -0.3 is 15.3 Å². The lowest BCUT2D eigenvalue weighted by atomic mass is 10.1. The molecule has 0 fully saturated rings. The van der Waals surface area contributed by atoms with E-state index in [9.17, 15) is 0 Å². The Morgan fingerprint density at radius 1 is 1.35 bits per heavy atom. The fraction of sp³-hybridized carbons (Fsp3) is 0.571. The minimum absolute atomic E-state index is 0.254. The Morgan fingerprint density at radius 2 is 2.12 bits per heavy atom. The second-order valence-electron chi connectivity index (χ2n) is 4.32. The summed E-state index contributed by atoms with van der Waals surface area (Å²) < 4.78 is 0. The third-order valence-electron chi connectivity index (χ3n) is 2.91. The van der Waals surface area contributed by atoms with Gasteiger partial charge in [0, 0.05) is 31.9 Å². The summed E-state index contributed by atoms with van der Waals surface area (Å²) >= 11 is 0. The van der Waals surface area contributed by atoms with Gasteiger partial charge in [-0.1, -0.05) is 17.7 Å². The van der Waals surface area contributed by atoms with Crippen LogP contribution in [-0.4, -0.2) is 31.9 Å². The number of rotatable bonds is 7. The standard InChI is InChI=1S/C14H24N2O/c1-4-16(8-5-9-17)14-7-6-12(2)10-13(14)11-15-3/h6-7,10,15,17H,4-5,8-9,11H2,1-3H3. The molecule has 0 aliphatic carbocycles. The summed E-state index contributed by atoms with van der Waals surface area (Å²) in [5, 5.41) is 12.1. The van der Waals surface area contributed by atoms with Crippen molar-refractivity contribution in [2.75, 3.05) is 31.6 Å². The van der Waals surface area contributed by atoms with Gasteiger partial charge in [0.25, 0.3) is 0 Å². The van der Waals surface area contributed by atoms with Gasteiger partial charge >= 0.3 is 0 Å². The molecule has 0 spiro atoms. The Balaban J connectivity index is 2.91. The van der Waals surface area contributed by atoms with Gasteiger partial charge in [0.1, 0.15) is 0 Å². The monoisotopic (exact) mass is 236 g/mol. The van der Waals surface area contributed by atoms with E-state index in [-0.39, 0.29) is 6.61 Å². The van der Waals surface area contributed by atoms with Crippen LogP contribution >= 0.6 is 0 Å². The molecule has 3 nitrogen and oxygen atoms in total. The Hall–Kier alpha value is -1.06. The van der Waals surface area contributed by atoms with Gasteiger partial charge in [0.2, 0.25) is 0 Å². The molecule has 17 heavy (non-hydrogen) atoms. The zero-order valence-electron chi connectivity index (χ0n) is 11.2. The summed E-state index contributed by atoms with van der Waals surface area (Å²) in [6.07, 6.45) is 0.820. The van der Waals surface area contributed by atoms with Gasteiger partial charge in [-0.15, -0.1) is 0 Å². The van der Waals surface area contributed by atoms with Crippen molar-refractivity contribution in [1.82, 2.24) is 5.32 Å². The molecule has 0 amide bonds. The highest BCUT2D eigenvalue weighted by Gasteiger charge is 2.09. The molecule has 0 aliphatic rings. The fourth-order valence-corrected chi connectivity index (χ4v) is 2.07. The predicted molar refractivity (Wildman–Crippen MR) is 73.5 cm³/mol. The zero-order chi connectivity index (χ0) is 12.7. The van der Waals surface area contributed by atoms with Crippen LogP contribution in [0.15, 0.2) is 18.2 Å². The summed E-state index contributed by atoms with van der Waals surface area (Å²) in [4.78, 5) is 2.32. The summed E-state index contributed by atoms with van der Waals surface area (Å²) in [5.74, 6) is 0. The van der Waals surface area contributed by atoms with Crippen LogP contribution in [0.3, 0.4) is 0 Å². The van der Waals surface area contributed by atoms with Crippen molar-refractivity contribution >= 4 is 5.69 Å². The van der Waals surface area contributed by atoms with Gasteiger partial charge in [0.05, 0.1) is 0 Å². The van der Waals surface area contributed by atoms with Crippen LogP contribution in [0.5, 0.6) is 0 Å². The van der Waals surface area contributed by atoms with E-state index in [1.807, 2.05) is 7.05 Å². The molecule has 0 bridgehead atoms. The van der Waals surface area contributed by atoms with Gasteiger partial charge in [-0.3, -0.25) is 0 Å². The topological polar surface area (TPSA) is 35.5 Å². The van der Waals surface area contributed by atoms with Crippen molar-refractivity contribution in [1.29, 1.82) is 0 Å². The number of aryl methyl sites for hydroxylation is 1. The van der Waals surface area contributed by atoms with E-state index in [0.717, 1.165) is 26.1 Å². The molecule has 1 aromatic carbocycles. The Kier molecular flexibility index (Phi) is 6.01. The summed E-state index contributed by atoms with van der Waals surface area (Å²) in [7, 11) is 1.97. The van der Waals surface area contributed by atoms with Crippen molar-refractivity contribution < 1.29 is 5.11 Å². The van der Waals surface area contributed by atoms with Crippen LogP contribution in [0.1, 0.15) is 24.5 Å². The van der Waals surface area contributed by atoms with Crippen LogP contribution in [0.4, 0.5) is 5.69 Å². The second-order valence-corrected chi connectivity index (χ2v) is 4.32. The Bertz CT molecular complexity index is 339. The van der Waals surface area contributed by atoms with Gasteiger partial charge in [-0.2, -0.15) is 0 Å². The summed E-state index contributed by atoms with van der Waals surface area (Å²) in [6.45, 7) is 7.29. The minimum atomic E-state index is 0.254. The molecule has 0 saturated carbocycles. The fourth-order valence-electron chi connectivity index (χ4n) is 2.07. The third kappa shape index (κ3) is 4.02. The van der Waals surface area contributed by atoms with Gasteiger partial charge in [-0.05, 0) is 38.9 Å². The smallest absolute Gasteiger partial charge is 0.0447 e. The first-order chi connectivity index (χ1) is 8.22. The van der Waals surface area contributed by atoms with Gasteiger partial charge in [0.15, 0.2) is 0 Å². The predicted octanol–water partition coefficient (Wildman–Crippen LogP) is 1.92. The van der Waals surface area contributed by atoms with Crippen LogP contribution in [0, 0.1) is 6.92 Å². The van der Waals surface area contributed by atoms with E-state index in [4.69, 9.17) is 5.11 Å². The molecule has 0 atom stereocenters. The molecule has 1 aromatic rings. The minimum Gasteiger partial charge on any atom is -0.396 e. The highest BCUT2D eigenvalue weighted by Crippen LogP contribution is 2.22. The summed E-state index contributed by atoms with van der Waals surface area (Å²) in [5.41, 5.74) is 3.89. The van der Waals surface area contributed by atoms with E-state index >= 15 is 0 Å². The Morgan fingerprint density at radius 3 is 2.71 bits per heavy atom. The molecule has 3 heteroatoms. The first-order valence-corrected chi connectivity index (χ1v) is 6.32. The van der Waals surface area contributed by atoms with Gasteiger partial charge in [-0.25, -0.2) is 0 Å². The lowest BCUT2D eigenvalue weighted by molar-refractivity contribution is 0.289. The maximum Gasteiger partial charge on any atom is 0.0447 e. The molecule has 2 N–H and O–H groups in total. The molecule has 0 radical (unpaired) electrons. The van der Waals surface area contributed by atoms with Crippen molar-refractivity contribution in [3.63, 3.8) is 0 Å². The van der Waals surface area contributed by atoms with Crippen molar-refractivity contribution in [2.24, 2.45) is 0 Å². The normalized spacial score (nSPS) is 10.6. The number of aliphatic hydroxyl groups excluding tert-OH is 1. The van der Waals surface area contributed by atoms with Crippen LogP contribution < -0.4 is 10.2 Å². The lowest BCUT2D eigenvalue weighted by Crippen LogP contribution is -2.26. The molecular weight excluding hydrogens is 212 g/mol. The second kappa shape index (κ2) is 7.30. The lowest BCUT2D eigenvalue weighted by Gasteiger charge is -2.26. The highest BCUT2D eigenvalue weighted by atomic mass is 16.3. The molecule has 1 rings (SSSR count). The van der Waals surface area contributed by atoms with E-state index < -0.39 is 0 Å². The van der Waals surface area contributed by atoms with E-state index in [2.05, 4.69) is 42.3 Å². The number of nitrogens with one attached hydrogen (secondary N) is 1. The number of anilines is 1.